The van der Waals surface area contributed by atoms with Gasteiger partial charge in [0.15, 0.2) is 0 Å². The maximum absolute atomic E-state index is 10.2. The van der Waals surface area contributed by atoms with Crippen molar-refractivity contribution in [2.24, 2.45) is 0 Å². The molecule has 0 aliphatic rings. The molecule has 3 heteroatoms. The van der Waals surface area contributed by atoms with Crippen molar-refractivity contribution in [2.45, 2.75) is 20.3 Å². The van der Waals surface area contributed by atoms with E-state index in [-0.39, 0.29) is 19.6 Å². The van der Waals surface area contributed by atoms with E-state index >= 15 is 0 Å². The van der Waals surface area contributed by atoms with Crippen molar-refractivity contribution < 1.29 is 15.0 Å². The van der Waals surface area contributed by atoms with Gasteiger partial charge < -0.3 is 10.2 Å². The first kappa shape index (κ1) is 11.5. The average Bonchev–Trinajstić information content (AvgIpc) is 2.03. The minimum atomic E-state index is -0.849. The van der Waals surface area contributed by atoms with Crippen LogP contribution in [0.2, 0.25) is 0 Å². The van der Waals surface area contributed by atoms with Crippen LogP contribution in [0.1, 0.15) is 19.4 Å². The number of para-hydroxylation sites is 1. The standard InChI is InChI=1S/C9H10O3.CH4/c10-8-4-2-1-3-7(8)5-6-9(11)12;/h1-4,10H,5-6H2,(H,11,12);1H4. The number of carboxylic acids is 1. The van der Waals surface area contributed by atoms with Crippen molar-refractivity contribution in [1.82, 2.24) is 0 Å². The van der Waals surface area contributed by atoms with Crippen molar-refractivity contribution in [3.05, 3.63) is 29.8 Å². The number of benzene rings is 1. The first-order chi connectivity index (χ1) is 5.70. The predicted molar refractivity (Wildman–Crippen MR) is 50.8 cm³/mol. The lowest BCUT2D eigenvalue weighted by Gasteiger charge is -2.00. The van der Waals surface area contributed by atoms with Crippen LogP contribution in [-0.4, -0.2) is 16.2 Å². The predicted octanol–water partition coefficient (Wildman–Crippen LogP) is 2.05. The molecule has 0 aliphatic carbocycles. The van der Waals surface area contributed by atoms with Gasteiger partial charge >= 0.3 is 5.97 Å². The van der Waals surface area contributed by atoms with E-state index in [1.807, 2.05) is 0 Å². The second kappa shape index (κ2) is 5.19. The first-order valence-corrected chi connectivity index (χ1v) is 3.69. The zero-order valence-corrected chi connectivity index (χ0v) is 6.53. The van der Waals surface area contributed by atoms with Crippen LogP contribution >= 0.6 is 0 Å². The minimum Gasteiger partial charge on any atom is -0.508 e. The molecule has 0 saturated carbocycles. The van der Waals surface area contributed by atoms with Crippen LogP contribution in [0.4, 0.5) is 0 Å². The molecule has 0 aromatic heterocycles. The number of aliphatic carboxylic acids is 1. The molecule has 72 valence electrons. The van der Waals surface area contributed by atoms with Gasteiger partial charge in [0.05, 0.1) is 0 Å². The molecule has 0 amide bonds. The largest absolute Gasteiger partial charge is 0.508 e. The number of carboxylic acid groups (broad SMARTS) is 1. The number of aromatic hydroxyl groups is 1. The van der Waals surface area contributed by atoms with E-state index < -0.39 is 5.97 Å². The van der Waals surface area contributed by atoms with Gasteiger partial charge in [-0.15, -0.1) is 0 Å². The summed E-state index contributed by atoms with van der Waals surface area (Å²) in [5.41, 5.74) is 0.680. The van der Waals surface area contributed by atoms with Crippen molar-refractivity contribution in [1.29, 1.82) is 0 Å². The molecule has 1 aromatic carbocycles. The van der Waals surface area contributed by atoms with Crippen LogP contribution in [0.5, 0.6) is 5.75 Å². The molecule has 0 spiro atoms. The summed E-state index contributed by atoms with van der Waals surface area (Å²) in [4.78, 5) is 10.2. The smallest absolute Gasteiger partial charge is 0.303 e. The topological polar surface area (TPSA) is 57.5 Å². The number of phenols is 1. The van der Waals surface area contributed by atoms with E-state index in [0.717, 1.165) is 0 Å². The molecule has 0 aliphatic heterocycles. The van der Waals surface area contributed by atoms with E-state index in [0.29, 0.717) is 12.0 Å². The third kappa shape index (κ3) is 3.60. The summed E-state index contributed by atoms with van der Waals surface area (Å²) in [7, 11) is 0. The highest BCUT2D eigenvalue weighted by Gasteiger charge is 2.02. The van der Waals surface area contributed by atoms with Crippen LogP contribution in [0, 0.1) is 0 Å². The van der Waals surface area contributed by atoms with E-state index in [9.17, 15) is 9.90 Å². The van der Waals surface area contributed by atoms with Crippen LogP contribution < -0.4 is 0 Å². The highest BCUT2D eigenvalue weighted by molar-refractivity contribution is 5.67. The van der Waals surface area contributed by atoms with Gasteiger partial charge in [0.25, 0.3) is 0 Å². The molecule has 0 bridgehead atoms. The summed E-state index contributed by atoms with van der Waals surface area (Å²) in [5.74, 6) is -0.683. The van der Waals surface area contributed by atoms with Gasteiger partial charge in [-0.1, -0.05) is 25.6 Å². The SMILES string of the molecule is C.O=C(O)CCc1ccccc1O. The molecular formula is C10H14O3. The zero-order valence-electron chi connectivity index (χ0n) is 6.53. The van der Waals surface area contributed by atoms with Crippen molar-refractivity contribution >= 4 is 5.97 Å². The average molecular weight is 182 g/mol. The summed E-state index contributed by atoms with van der Waals surface area (Å²) in [6.45, 7) is 0. The van der Waals surface area contributed by atoms with E-state index in [1.165, 1.54) is 0 Å². The molecule has 0 heterocycles. The van der Waals surface area contributed by atoms with Crippen LogP contribution in [-0.2, 0) is 11.2 Å². The van der Waals surface area contributed by atoms with Gasteiger partial charge in [-0.2, -0.15) is 0 Å². The maximum atomic E-state index is 10.2. The Bertz CT molecular complexity index is 281. The van der Waals surface area contributed by atoms with E-state index in [2.05, 4.69) is 0 Å². The van der Waals surface area contributed by atoms with Crippen molar-refractivity contribution in [3.63, 3.8) is 0 Å². The van der Waals surface area contributed by atoms with Gasteiger partial charge in [0.1, 0.15) is 5.75 Å². The van der Waals surface area contributed by atoms with Crippen molar-refractivity contribution in [2.75, 3.05) is 0 Å². The molecule has 0 atom stereocenters. The summed E-state index contributed by atoms with van der Waals surface area (Å²) >= 11 is 0. The Balaban J connectivity index is 0.00000144. The Kier molecular flexibility index (Phi) is 4.59. The Morgan fingerprint density at radius 2 is 1.92 bits per heavy atom. The van der Waals surface area contributed by atoms with Gasteiger partial charge in [-0.25, -0.2) is 0 Å². The highest BCUT2D eigenvalue weighted by Crippen LogP contribution is 2.16. The molecule has 0 fully saturated rings. The molecule has 0 saturated heterocycles. The second-order valence-electron chi connectivity index (χ2n) is 2.52. The molecule has 1 aromatic rings. The number of aryl methyl sites for hydroxylation is 1. The first-order valence-electron chi connectivity index (χ1n) is 3.69. The van der Waals surface area contributed by atoms with E-state index in [1.54, 1.807) is 24.3 Å². The monoisotopic (exact) mass is 182 g/mol. The third-order valence-corrected chi connectivity index (χ3v) is 1.60. The summed E-state index contributed by atoms with van der Waals surface area (Å²) in [6.07, 6.45) is 0.430. The fraction of sp³-hybridized carbons (Fsp3) is 0.300. The fourth-order valence-corrected chi connectivity index (χ4v) is 0.964. The lowest BCUT2D eigenvalue weighted by atomic mass is 10.1. The summed E-state index contributed by atoms with van der Waals surface area (Å²) in [5, 5.41) is 17.6. The van der Waals surface area contributed by atoms with Gasteiger partial charge in [0, 0.05) is 6.42 Å². The van der Waals surface area contributed by atoms with E-state index in [4.69, 9.17) is 5.11 Å². The summed E-state index contributed by atoms with van der Waals surface area (Å²) in [6, 6.07) is 6.76. The molecule has 1 rings (SSSR count). The lowest BCUT2D eigenvalue weighted by molar-refractivity contribution is -0.136. The Morgan fingerprint density at radius 3 is 2.46 bits per heavy atom. The van der Waals surface area contributed by atoms with Gasteiger partial charge in [0.2, 0.25) is 0 Å². The Morgan fingerprint density at radius 1 is 1.31 bits per heavy atom. The molecule has 13 heavy (non-hydrogen) atoms. The zero-order chi connectivity index (χ0) is 8.97. The third-order valence-electron chi connectivity index (χ3n) is 1.60. The highest BCUT2D eigenvalue weighted by atomic mass is 16.4. The number of hydrogen-bond donors (Lipinski definition) is 2. The van der Waals surface area contributed by atoms with Crippen LogP contribution in [0.25, 0.3) is 0 Å². The number of phenolic OH excluding ortho intramolecular Hbond substituents is 1. The maximum Gasteiger partial charge on any atom is 0.303 e. The normalized spacial score (nSPS) is 8.92. The number of carbonyl (C=O) groups is 1. The van der Waals surface area contributed by atoms with Crippen LogP contribution in [0.3, 0.4) is 0 Å². The van der Waals surface area contributed by atoms with Crippen LogP contribution in [0.15, 0.2) is 24.3 Å². The number of rotatable bonds is 3. The molecule has 0 unspecified atom stereocenters. The van der Waals surface area contributed by atoms with Gasteiger partial charge in [-0.05, 0) is 18.1 Å². The van der Waals surface area contributed by atoms with Gasteiger partial charge in [-0.3, -0.25) is 4.79 Å². The second-order valence-corrected chi connectivity index (χ2v) is 2.52. The Hall–Kier alpha value is -1.51. The minimum absolute atomic E-state index is 0. The van der Waals surface area contributed by atoms with Crippen molar-refractivity contribution in [3.8, 4) is 5.75 Å². The summed E-state index contributed by atoms with van der Waals surface area (Å²) < 4.78 is 0. The quantitative estimate of drug-likeness (QED) is 0.752. The molecule has 2 N–H and O–H groups in total. The Labute approximate surface area is 77.6 Å². The molecular weight excluding hydrogens is 168 g/mol. The lowest BCUT2D eigenvalue weighted by Crippen LogP contribution is -1.97. The molecule has 3 nitrogen and oxygen atoms in total. The fourth-order valence-electron chi connectivity index (χ4n) is 0.964. The molecule has 0 radical (unpaired) electrons. The number of hydrogen-bond acceptors (Lipinski definition) is 2.